The second kappa shape index (κ2) is 35.5. The third-order valence-corrected chi connectivity index (χ3v) is 10.9. The predicted octanol–water partition coefficient (Wildman–Crippen LogP) is 5.46. The summed E-state index contributed by atoms with van der Waals surface area (Å²) in [5.41, 5.74) is -0.172. The molecule has 0 unspecified atom stereocenters. The van der Waals surface area contributed by atoms with Gasteiger partial charge in [-0.3, -0.25) is 28.8 Å². The summed E-state index contributed by atoms with van der Waals surface area (Å²) < 4.78 is 56.7. The molecule has 0 bridgehead atoms. The van der Waals surface area contributed by atoms with Crippen molar-refractivity contribution in [2.75, 3.05) is 52.9 Å². The average molecular weight is 1090 g/mol. The molecule has 0 amide bonds. The van der Waals surface area contributed by atoms with Gasteiger partial charge in [0.15, 0.2) is 0 Å². The van der Waals surface area contributed by atoms with E-state index in [4.69, 9.17) is 52.1 Å². The molecule has 0 N–H and O–H groups in total. The van der Waals surface area contributed by atoms with Crippen molar-refractivity contribution < 1.29 is 110 Å². The van der Waals surface area contributed by atoms with E-state index in [0.29, 0.717) is 19.3 Å². The van der Waals surface area contributed by atoms with Crippen molar-refractivity contribution in [3.05, 3.63) is 104 Å². The Bertz CT molecular complexity index is 2340. The highest BCUT2D eigenvalue weighted by atomic mass is 16.6. The highest BCUT2D eigenvalue weighted by Crippen LogP contribution is 2.33. The van der Waals surface area contributed by atoms with Crippen LogP contribution in [0, 0.1) is 11.8 Å². The normalized spacial score (nSPS) is 13.3. The third kappa shape index (κ3) is 24.7. The van der Waals surface area contributed by atoms with Gasteiger partial charge in [-0.2, -0.15) is 0 Å². The van der Waals surface area contributed by atoms with Crippen LogP contribution in [0.3, 0.4) is 0 Å². The highest BCUT2D eigenvalue weighted by molar-refractivity contribution is 5.96. The number of carbonyl (C=O) groups is 12. The quantitative estimate of drug-likeness (QED) is 0.0272. The van der Waals surface area contributed by atoms with Crippen molar-refractivity contribution in [3.63, 3.8) is 0 Å². The molecule has 1 aliphatic rings. The van der Waals surface area contributed by atoms with E-state index in [-0.39, 0.29) is 138 Å². The van der Waals surface area contributed by atoms with Crippen LogP contribution in [-0.4, -0.2) is 124 Å². The number of unbranched alkanes of at least 4 members (excludes halogenated alkanes) is 2. The van der Waals surface area contributed by atoms with Crippen molar-refractivity contribution in [1.29, 1.82) is 0 Å². The van der Waals surface area contributed by atoms with Crippen LogP contribution in [-0.2, 0) is 92.3 Å². The molecule has 1 saturated carbocycles. The Morgan fingerprint density at radius 1 is 0.410 bits per heavy atom. The van der Waals surface area contributed by atoms with E-state index < -0.39 is 96.1 Å². The van der Waals surface area contributed by atoms with E-state index >= 15 is 0 Å². The number of hydrogen-bond acceptors (Lipinski definition) is 23. The molecule has 420 valence electrons. The van der Waals surface area contributed by atoms with E-state index in [2.05, 4.69) is 26.3 Å². The van der Waals surface area contributed by atoms with Gasteiger partial charge in [0.2, 0.25) is 0 Å². The molecule has 1 aliphatic carbocycles. The monoisotopic (exact) mass is 1090 g/mol. The standard InChI is InChI=1S/C55H62O23/c1-5-45(57)68-25-9-11-27-74-54(66)42-34-40(19-17-38(42)33-39(56)18-22-49(61)72-31-29-70-47(59)7-3)76-52(64)36-13-15-37(16-14-36)53(65)77-41-20-21-44(43(35-41)55(67)75-28-12-10-26-69-46(58)6-2)78-51(63)24-23-50(62)73-32-30-71-48(60)8-4/h5-8,17,19-21,34-37H,1-4,9-16,18,22-33H2. The zero-order valence-corrected chi connectivity index (χ0v) is 43.0. The molecule has 3 rings (SSSR count). The van der Waals surface area contributed by atoms with Gasteiger partial charge in [0, 0.05) is 37.1 Å². The van der Waals surface area contributed by atoms with Gasteiger partial charge < -0.3 is 52.1 Å². The molecule has 0 saturated heterocycles. The van der Waals surface area contributed by atoms with Gasteiger partial charge in [0.25, 0.3) is 0 Å². The number of carbonyl (C=O) groups excluding carboxylic acids is 12. The van der Waals surface area contributed by atoms with E-state index in [1.54, 1.807) is 0 Å². The fourth-order valence-corrected chi connectivity index (χ4v) is 6.88. The van der Waals surface area contributed by atoms with Crippen molar-refractivity contribution in [1.82, 2.24) is 0 Å². The molecule has 0 atom stereocenters. The molecule has 78 heavy (non-hydrogen) atoms. The van der Waals surface area contributed by atoms with E-state index in [1.165, 1.54) is 30.3 Å². The Hall–Kier alpha value is -8.76. The first-order valence-corrected chi connectivity index (χ1v) is 24.7. The summed E-state index contributed by atoms with van der Waals surface area (Å²) in [6, 6.07) is 7.66. The fourth-order valence-electron chi connectivity index (χ4n) is 6.88. The van der Waals surface area contributed by atoms with Gasteiger partial charge >= 0.3 is 65.7 Å². The van der Waals surface area contributed by atoms with Crippen molar-refractivity contribution in [3.8, 4) is 17.2 Å². The van der Waals surface area contributed by atoms with Crippen molar-refractivity contribution in [2.24, 2.45) is 11.8 Å². The van der Waals surface area contributed by atoms with Gasteiger partial charge in [-0.25, -0.2) is 28.8 Å². The maximum atomic E-state index is 13.5. The average Bonchev–Trinajstić information content (AvgIpc) is 3.44. The smallest absolute Gasteiger partial charge is 0.342 e. The minimum Gasteiger partial charge on any atom is -0.463 e. The lowest BCUT2D eigenvalue weighted by atomic mass is 9.82. The second-order valence-electron chi connectivity index (χ2n) is 16.7. The topological polar surface area (TPSA) is 306 Å². The van der Waals surface area contributed by atoms with Crippen LogP contribution < -0.4 is 14.2 Å². The first-order valence-electron chi connectivity index (χ1n) is 24.7. The van der Waals surface area contributed by atoms with Crippen LogP contribution in [0.4, 0.5) is 0 Å². The third-order valence-electron chi connectivity index (χ3n) is 10.9. The Morgan fingerprint density at radius 2 is 0.782 bits per heavy atom. The Balaban J connectivity index is 1.65. The minimum absolute atomic E-state index is 0.0364. The molecule has 0 aliphatic heterocycles. The van der Waals surface area contributed by atoms with Crippen LogP contribution in [0.25, 0.3) is 0 Å². The lowest BCUT2D eigenvalue weighted by molar-refractivity contribution is -0.151. The van der Waals surface area contributed by atoms with Gasteiger partial charge in [0.1, 0.15) is 55.0 Å². The number of ketones is 1. The molecular formula is C55H62O23. The van der Waals surface area contributed by atoms with E-state index in [1.807, 2.05) is 0 Å². The summed E-state index contributed by atoms with van der Waals surface area (Å²) >= 11 is 0. The number of hydrogen-bond donors (Lipinski definition) is 0. The van der Waals surface area contributed by atoms with Gasteiger partial charge in [0.05, 0.1) is 63.1 Å². The van der Waals surface area contributed by atoms with E-state index in [0.717, 1.165) is 30.4 Å². The molecule has 0 spiro atoms. The highest BCUT2D eigenvalue weighted by Gasteiger charge is 2.33. The molecule has 1 fully saturated rings. The fraction of sp³-hybridized carbons (Fsp3) is 0.418. The maximum Gasteiger partial charge on any atom is 0.342 e. The summed E-state index contributed by atoms with van der Waals surface area (Å²) in [6.07, 6.45) is 4.23. The number of ether oxygens (including phenoxy) is 11. The second-order valence-corrected chi connectivity index (χ2v) is 16.7. The molecular weight excluding hydrogens is 1030 g/mol. The lowest BCUT2D eigenvalue weighted by Crippen LogP contribution is -2.30. The minimum atomic E-state index is -0.960. The zero-order valence-electron chi connectivity index (χ0n) is 43.0. The van der Waals surface area contributed by atoms with Gasteiger partial charge in [-0.1, -0.05) is 32.4 Å². The first kappa shape index (κ1) is 63.5. The molecule has 2 aromatic rings. The summed E-state index contributed by atoms with van der Waals surface area (Å²) in [7, 11) is 0. The SMILES string of the molecule is C=CC(=O)OCCCCOC(=O)c1cc(OC(=O)C2CCC(C(=O)Oc3ccc(OC(=O)CCC(=O)OCCOC(=O)C=C)c(C(=O)OCCCCOC(=O)C=C)c3)CC2)ccc1CC(=O)CCC(=O)OCCOC(=O)C=C. The molecule has 23 heteroatoms. The summed E-state index contributed by atoms with van der Waals surface area (Å²) in [6.45, 7) is 12.1. The van der Waals surface area contributed by atoms with Gasteiger partial charge in [-0.15, -0.1) is 0 Å². The largest absolute Gasteiger partial charge is 0.463 e. The zero-order chi connectivity index (χ0) is 57.2. The summed E-state index contributed by atoms with van der Waals surface area (Å²) in [5.74, 6) is -10.5. The van der Waals surface area contributed by atoms with Crippen LogP contribution in [0.5, 0.6) is 17.2 Å². The molecule has 0 aromatic heterocycles. The molecule has 0 heterocycles. The van der Waals surface area contributed by atoms with Crippen LogP contribution >= 0.6 is 0 Å². The van der Waals surface area contributed by atoms with Gasteiger partial charge in [-0.05, 0) is 87.3 Å². The molecule has 0 radical (unpaired) electrons. The van der Waals surface area contributed by atoms with Crippen molar-refractivity contribution in [2.45, 2.75) is 83.5 Å². The Labute approximate surface area is 449 Å². The van der Waals surface area contributed by atoms with Crippen molar-refractivity contribution >= 4 is 71.4 Å². The predicted molar refractivity (Wildman–Crippen MR) is 268 cm³/mol. The molecule has 23 nitrogen and oxygen atoms in total. The first-order chi connectivity index (χ1) is 37.5. The number of esters is 11. The number of Topliss-reactive ketones (excluding diaryl/α,β-unsaturated/α-hetero) is 1. The Kier molecular flexibility index (Phi) is 28.9. The molecule has 2 aromatic carbocycles. The van der Waals surface area contributed by atoms with Crippen LogP contribution in [0.2, 0.25) is 0 Å². The summed E-state index contributed by atoms with van der Waals surface area (Å²) in [4.78, 5) is 149. The lowest BCUT2D eigenvalue weighted by Gasteiger charge is -2.26. The maximum absolute atomic E-state index is 13.5. The Morgan fingerprint density at radius 3 is 1.24 bits per heavy atom. The van der Waals surface area contributed by atoms with Crippen LogP contribution in [0.1, 0.15) is 103 Å². The number of benzene rings is 2. The van der Waals surface area contributed by atoms with Crippen LogP contribution in [0.15, 0.2) is 87.0 Å². The number of rotatable bonds is 35. The van der Waals surface area contributed by atoms with E-state index in [9.17, 15) is 57.5 Å². The summed E-state index contributed by atoms with van der Waals surface area (Å²) in [5, 5.41) is 0.